The number of ether oxygens (including phenoxy) is 2. The van der Waals surface area contributed by atoms with Crippen LogP contribution in [-0.4, -0.2) is 114 Å². The number of carboxylic acids is 5. The molecule has 28 heteroatoms. The highest BCUT2D eigenvalue weighted by Gasteiger charge is 2.28. The lowest BCUT2D eigenvalue weighted by Crippen LogP contribution is -2.33. The number of carboxylic acid groups (broad SMARTS) is 5. The maximum atomic E-state index is 13.6. The molecule has 2 aromatic heterocycles. The van der Waals surface area contributed by atoms with Gasteiger partial charge in [0, 0.05) is 31.7 Å². The number of nitrogens with zero attached hydrogens (tertiary/aromatic N) is 8. The van der Waals surface area contributed by atoms with E-state index in [0.29, 0.717) is 35.1 Å². The molecule has 0 bridgehead atoms. The van der Waals surface area contributed by atoms with Crippen molar-refractivity contribution in [1.82, 2.24) is 19.8 Å². The van der Waals surface area contributed by atoms with Gasteiger partial charge in [-0.3, -0.25) is 28.3 Å². The molecule has 5 aromatic rings. The number of nitriles is 1. The van der Waals surface area contributed by atoms with Gasteiger partial charge in [0.25, 0.3) is 22.9 Å². The second-order valence-electron chi connectivity index (χ2n) is 16.7. The van der Waals surface area contributed by atoms with E-state index in [1.165, 1.54) is 33.1 Å². The van der Waals surface area contributed by atoms with E-state index in [1.54, 1.807) is 13.0 Å². The minimum atomic E-state index is -1.75. The monoisotopic (exact) mass is 1070 g/mol. The highest BCUT2D eigenvalue weighted by atomic mass is 16.5. The largest absolute Gasteiger partial charge is 0.503 e. The van der Waals surface area contributed by atoms with Gasteiger partial charge < -0.3 is 55.9 Å². The highest BCUT2D eigenvalue weighted by Crippen LogP contribution is 2.37. The molecule has 0 unspecified atom stereocenters. The number of aromatic nitrogens is 2. The molecule has 0 spiro atoms. The molecular weight excluding hydrogens is 1030 g/mol. The number of azo groups is 2. The predicted octanol–water partition coefficient (Wildman–Crippen LogP) is 6.53. The van der Waals surface area contributed by atoms with Gasteiger partial charge in [0.15, 0.2) is 11.6 Å². The number of benzene rings is 3. The number of unbranched alkanes of at least 4 members (excludes halogenated alkanes) is 3. The van der Waals surface area contributed by atoms with Crippen molar-refractivity contribution in [2.45, 2.75) is 59.5 Å². The Kier molecular flexibility index (Phi) is 18.6. The van der Waals surface area contributed by atoms with Crippen LogP contribution >= 0.6 is 0 Å². The van der Waals surface area contributed by atoms with Crippen LogP contribution in [0, 0.1) is 38.7 Å². The maximum Gasteiger partial charge on any atom is 0.339 e. The predicted molar refractivity (Wildman–Crippen MR) is 269 cm³/mol. The van der Waals surface area contributed by atoms with Crippen LogP contribution in [0.1, 0.15) is 120 Å². The molecule has 28 nitrogen and oxygen atoms in total. The van der Waals surface area contributed by atoms with Gasteiger partial charge in [0.1, 0.15) is 45.8 Å². The summed E-state index contributed by atoms with van der Waals surface area (Å²) >= 11 is 0. The van der Waals surface area contributed by atoms with Crippen LogP contribution in [0.2, 0.25) is 0 Å². The van der Waals surface area contributed by atoms with Crippen molar-refractivity contribution in [1.29, 1.82) is 5.26 Å². The summed E-state index contributed by atoms with van der Waals surface area (Å²) in [6.07, 6.45) is 1.31. The Morgan fingerprint density at radius 3 is 1.63 bits per heavy atom. The number of pyridine rings is 2. The molecule has 0 aliphatic heterocycles. The topological polar surface area (TPSA) is 425 Å². The van der Waals surface area contributed by atoms with Crippen LogP contribution in [0.5, 0.6) is 23.3 Å². The van der Waals surface area contributed by atoms with E-state index in [9.17, 15) is 84.2 Å². The van der Waals surface area contributed by atoms with Crippen LogP contribution in [0.15, 0.2) is 66.4 Å². The van der Waals surface area contributed by atoms with E-state index in [-0.39, 0.29) is 71.2 Å². The Hall–Kier alpha value is -10.8. The number of methoxy groups -OCH3 is 2. The second-order valence-corrected chi connectivity index (χ2v) is 16.7. The molecule has 0 aliphatic rings. The zero-order valence-corrected chi connectivity index (χ0v) is 41.8. The standard InChI is InChI=1S/C50H46N10O18/c1-22-15-25(77-5)16-32(50(75)76)36(22)56-58-39-24(3)37(52-4)43(64)59(45(39)66)13-10-8-7-9-11-53-40(61)26-17-29(47(69)70)27(18-28(26)46(67)68)41(62)54-12-14-60-42(63)33(21-51)23(2)38(44(60)65)57-55-34-19-31(49(73)74)35(78-6)20-30(34)48(71)72/h15-20,63-64H,7-14H2,1-3,5-6H3,(H,53,61)(H,54,62)(H,67,68)(H,69,70)(H,71,72)(H,73,74)(H,75,76). The highest BCUT2D eigenvalue weighted by molar-refractivity contribution is 6.12. The summed E-state index contributed by atoms with van der Waals surface area (Å²) in [5.74, 6) is -11.7. The van der Waals surface area contributed by atoms with Crippen molar-refractivity contribution in [2.24, 2.45) is 20.5 Å². The Morgan fingerprint density at radius 2 is 1.10 bits per heavy atom. The first kappa shape index (κ1) is 58.1. The lowest BCUT2D eigenvalue weighted by molar-refractivity contribution is 0.0675. The summed E-state index contributed by atoms with van der Waals surface area (Å²) in [6, 6.07) is 7.44. The van der Waals surface area contributed by atoms with Gasteiger partial charge in [0.2, 0.25) is 11.6 Å². The maximum absolute atomic E-state index is 13.6. The number of carbonyl (C=O) groups is 7. The fourth-order valence-electron chi connectivity index (χ4n) is 7.79. The van der Waals surface area contributed by atoms with E-state index in [2.05, 4.69) is 35.9 Å². The molecule has 0 aliphatic carbocycles. The molecule has 404 valence electrons. The van der Waals surface area contributed by atoms with E-state index in [4.69, 9.17) is 16.0 Å². The van der Waals surface area contributed by atoms with E-state index >= 15 is 0 Å². The van der Waals surface area contributed by atoms with E-state index < -0.39 is 128 Å². The van der Waals surface area contributed by atoms with Crippen LogP contribution in [0.25, 0.3) is 4.85 Å². The van der Waals surface area contributed by atoms with Crippen molar-refractivity contribution < 1.29 is 78.8 Å². The lowest BCUT2D eigenvalue weighted by atomic mass is 9.97. The number of amides is 2. The summed E-state index contributed by atoms with van der Waals surface area (Å²) in [4.78, 5) is 118. The number of hydrogen-bond acceptors (Lipinski definition) is 18. The van der Waals surface area contributed by atoms with Crippen LogP contribution in [0.3, 0.4) is 0 Å². The van der Waals surface area contributed by atoms with Gasteiger partial charge >= 0.3 is 29.8 Å². The Labute approximate surface area is 439 Å². The van der Waals surface area contributed by atoms with E-state index in [0.717, 1.165) is 23.8 Å². The van der Waals surface area contributed by atoms with Crippen molar-refractivity contribution >= 4 is 70.1 Å². The van der Waals surface area contributed by atoms with Gasteiger partial charge in [-0.1, -0.05) is 12.8 Å². The van der Waals surface area contributed by atoms with Crippen molar-refractivity contribution in [2.75, 3.05) is 27.3 Å². The normalized spacial score (nSPS) is 11.0. The first-order valence-corrected chi connectivity index (χ1v) is 22.8. The van der Waals surface area contributed by atoms with Crippen LogP contribution in [-0.2, 0) is 13.1 Å². The number of nitrogens with one attached hydrogen (secondary N) is 2. The molecule has 0 saturated carbocycles. The SMILES string of the molecule is [C-]#[N+]c1c(C)c(N=Nc2c(C)cc(OC)cc2C(=O)O)c(=O)n(CCCCCCNC(=O)c2cc(C(=O)O)c(C(=O)NCCn3c(O)c(C#N)c(C)c(N=Nc4cc(C(=O)O)c(OC)cc4C(=O)O)c3=O)cc2C(=O)O)c1O. The molecule has 0 radical (unpaired) electrons. The molecule has 3 aromatic carbocycles. The van der Waals surface area contributed by atoms with Crippen molar-refractivity contribution in [3.63, 3.8) is 0 Å². The van der Waals surface area contributed by atoms with Crippen LogP contribution < -0.4 is 31.2 Å². The van der Waals surface area contributed by atoms with E-state index in [1.807, 2.05) is 0 Å². The molecule has 2 amide bonds. The third kappa shape index (κ3) is 12.4. The fraction of sp³-hybridized carbons (Fsp3) is 0.260. The van der Waals surface area contributed by atoms with Gasteiger partial charge in [0.05, 0.1) is 54.2 Å². The zero-order chi connectivity index (χ0) is 57.9. The minimum Gasteiger partial charge on any atom is -0.503 e. The number of rotatable bonds is 23. The number of hydrogen-bond donors (Lipinski definition) is 9. The Bertz CT molecular complexity index is 3620. The van der Waals surface area contributed by atoms with Gasteiger partial charge in [-0.25, -0.2) is 28.8 Å². The Balaban J connectivity index is 1.27. The summed E-state index contributed by atoms with van der Waals surface area (Å²) in [5.41, 5.74) is -8.38. The second kappa shape index (κ2) is 25.0. The number of aryl methyl sites for hydroxylation is 1. The molecule has 9 N–H and O–H groups in total. The first-order valence-electron chi connectivity index (χ1n) is 22.8. The summed E-state index contributed by atoms with van der Waals surface area (Å²) in [5, 5.41) is 101. The molecule has 78 heavy (non-hydrogen) atoms. The van der Waals surface area contributed by atoms with Crippen LogP contribution in [0.4, 0.5) is 28.4 Å². The average molecular weight is 1070 g/mol. The number of aromatic hydroxyl groups is 2. The van der Waals surface area contributed by atoms with Gasteiger partial charge in [-0.2, -0.15) is 5.26 Å². The van der Waals surface area contributed by atoms with Crippen molar-refractivity contribution in [3.05, 3.63) is 130 Å². The summed E-state index contributed by atoms with van der Waals surface area (Å²) in [7, 11) is 2.45. The third-order valence-electron chi connectivity index (χ3n) is 11.9. The number of aromatic carboxylic acids is 5. The fourth-order valence-corrected chi connectivity index (χ4v) is 7.79. The summed E-state index contributed by atoms with van der Waals surface area (Å²) in [6.45, 7) is 10.4. The average Bonchev–Trinajstić information content (AvgIpc) is 3.41. The summed E-state index contributed by atoms with van der Waals surface area (Å²) < 4.78 is 11.6. The molecule has 2 heterocycles. The first-order chi connectivity index (χ1) is 36.9. The zero-order valence-electron chi connectivity index (χ0n) is 41.8. The molecule has 0 fully saturated rings. The van der Waals surface area contributed by atoms with Gasteiger partial charge in [-0.05, 0) is 81.1 Å². The molecule has 0 saturated heterocycles. The third-order valence-corrected chi connectivity index (χ3v) is 11.9. The molecule has 5 rings (SSSR count). The molecule has 0 atom stereocenters. The minimum absolute atomic E-state index is 0.00510. The molecular formula is C50H46N10O18. The van der Waals surface area contributed by atoms with Gasteiger partial charge in [-0.15, -0.1) is 20.5 Å². The smallest absolute Gasteiger partial charge is 0.339 e. The number of carbonyl (C=O) groups excluding carboxylic acids is 2. The van der Waals surface area contributed by atoms with Crippen molar-refractivity contribution in [3.8, 4) is 29.3 Å². The lowest BCUT2D eigenvalue weighted by Gasteiger charge is -2.15. The quantitative estimate of drug-likeness (QED) is 0.0191. The Morgan fingerprint density at radius 1 is 0.590 bits per heavy atom.